The van der Waals surface area contributed by atoms with Crippen molar-refractivity contribution in [3.63, 3.8) is 0 Å². The molecular weight excluding hydrogens is 370 g/mol. The molecule has 0 atom stereocenters. The van der Waals surface area contributed by atoms with Gasteiger partial charge in [-0.2, -0.15) is 0 Å². The lowest BCUT2D eigenvalue weighted by Crippen LogP contribution is -2.12. The van der Waals surface area contributed by atoms with E-state index in [-0.39, 0.29) is 5.41 Å². The molecule has 0 aliphatic carbocycles. The topological polar surface area (TPSA) is 42.2 Å². The van der Waals surface area contributed by atoms with Gasteiger partial charge < -0.3 is 9.67 Å². The average molecular weight is 398 g/mol. The number of benzene rings is 3. The second kappa shape index (κ2) is 7.49. The molecule has 1 N–H and O–H groups in total. The summed E-state index contributed by atoms with van der Waals surface area (Å²) in [5.74, 6) is -0.895. The predicted octanol–water partition coefficient (Wildman–Crippen LogP) is 6.66. The maximum atomic E-state index is 11.3. The fourth-order valence-electron chi connectivity index (χ4n) is 4.11. The molecule has 0 fully saturated rings. The quantitative estimate of drug-likeness (QED) is 0.418. The Bertz CT molecular complexity index is 1220. The molecule has 0 radical (unpaired) electrons. The summed E-state index contributed by atoms with van der Waals surface area (Å²) in [5.41, 5.74) is 7.65. The van der Waals surface area contributed by atoms with E-state index in [1.165, 1.54) is 22.3 Å². The van der Waals surface area contributed by atoms with Crippen LogP contribution in [0, 0.1) is 6.92 Å². The molecule has 0 saturated heterocycles. The summed E-state index contributed by atoms with van der Waals surface area (Å²) in [5, 5.41) is 10.2. The Hall–Kier alpha value is -3.33. The number of aromatic nitrogens is 1. The number of carboxylic acids is 1. The average Bonchev–Trinajstić information content (AvgIpc) is 3.02. The van der Waals surface area contributed by atoms with Crippen LogP contribution < -0.4 is 0 Å². The monoisotopic (exact) mass is 397 g/mol. The Morgan fingerprint density at radius 2 is 1.63 bits per heavy atom. The highest BCUT2D eigenvalue weighted by Crippen LogP contribution is 2.33. The minimum absolute atomic E-state index is 0.0885. The zero-order valence-electron chi connectivity index (χ0n) is 17.9. The Kier molecular flexibility index (Phi) is 4.98. The van der Waals surface area contributed by atoms with Gasteiger partial charge in [0, 0.05) is 23.1 Å². The molecule has 0 amide bonds. The molecule has 152 valence electrons. The molecule has 0 unspecified atom stereocenters. The van der Waals surface area contributed by atoms with Crippen LogP contribution in [0.3, 0.4) is 0 Å². The number of aromatic carboxylic acids is 1. The molecule has 1 aromatic heterocycles. The number of hydrogen-bond donors (Lipinski definition) is 1. The molecule has 0 bridgehead atoms. The molecule has 0 saturated carbocycles. The Balaban J connectivity index is 1.66. The van der Waals surface area contributed by atoms with Crippen LogP contribution in [-0.4, -0.2) is 15.6 Å². The van der Waals surface area contributed by atoms with Crippen LogP contribution in [-0.2, 0) is 12.0 Å². The van der Waals surface area contributed by atoms with Crippen molar-refractivity contribution in [3.8, 4) is 11.1 Å². The van der Waals surface area contributed by atoms with E-state index in [0.29, 0.717) is 5.56 Å². The van der Waals surface area contributed by atoms with Crippen LogP contribution in [0.4, 0.5) is 0 Å². The van der Waals surface area contributed by atoms with Crippen LogP contribution in [0.5, 0.6) is 0 Å². The number of carbonyl (C=O) groups is 1. The third-order valence-corrected chi connectivity index (χ3v) is 5.70. The van der Waals surface area contributed by atoms with E-state index in [1.54, 1.807) is 12.1 Å². The Morgan fingerprint density at radius 3 is 2.30 bits per heavy atom. The molecule has 4 rings (SSSR count). The zero-order valence-corrected chi connectivity index (χ0v) is 17.9. The summed E-state index contributed by atoms with van der Waals surface area (Å²) in [6.45, 7) is 9.55. The molecule has 3 aromatic carbocycles. The number of nitrogens with zero attached hydrogens (tertiary/aromatic N) is 1. The highest BCUT2D eigenvalue weighted by molar-refractivity contribution is 5.94. The first-order valence-electron chi connectivity index (χ1n) is 10.3. The lowest BCUT2D eigenvalue weighted by Gasteiger charge is -2.23. The fraction of sp³-hybridized carbons (Fsp3) is 0.222. The maximum Gasteiger partial charge on any atom is 0.335 e. The van der Waals surface area contributed by atoms with Gasteiger partial charge in [-0.15, -0.1) is 0 Å². The normalized spacial score (nSPS) is 11.7. The number of fused-ring (bicyclic) bond motifs is 1. The van der Waals surface area contributed by atoms with Crippen LogP contribution >= 0.6 is 0 Å². The summed E-state index contributed by atoms with van der Waals surface area (Å²) in [7, 11) is 0. The van der Waals surface area contributed by atoms with E-state index in [9.17, 15) is 9.90 Å². The second-order valence-electron chi connectivity index (χ2n) is 8.94. The first-order chi connectivity index (χ1) is 14.2. The van der Waals surface area contributed by atoms with Gasteiger partial charge in [-0.05, 0) is 58.9 Å². The lowest BCUT2D eigenvalue weighted by molar-refractivity contribution is 0.0697. The smallest absolute Gasteiger partial charge is 0.335 e. The standard InChI is InChI=1S/C27H27NO2/c1-18-15-22-16-21(26(29)30)13-14-25(22)28(18)17-19-9-11-20(12-10-19)23-7-5-6-8-24(23)27(2,3)4/h5-16H,17H2,1-4H3,(H,29,30). The van der Waals surface area contributed by atoms with Crippen molar-refractivity contribution in [2.75, 3.05) is 0 Å². The van der Waals surface area contributed by atoms with Gasteiger partial charge in [-0.3, -0.25) is 0 Å². The maximum absolute atomic E-state index is 11.3. The fourth-order valence-corrected chi connectivity index (χ4v) is 4.11. The molecule has 3 heteroatoms. The second-order valence-corrected chi connectivity index (χ2v) is 8.94. The van der Waals surface area contributed by atoms with E-state index in [0.717, 1.165) is 23.1 Å². The molecular formula is C27H27NO2. The minimum atomic E-state index is -0.895. The third-order valence-electron chi connectivity index (χ3n) is 5.70. The van der Waals surface area contributed by atoms with Crippen molar-refractivity contribution in [1.29, 1.82) is 0 Å². The molecule has 3 nitrogen and oxygen atoms in total. The molecule has 4 aromatic rings. The van der Waals surface area contributed by atoms with E-state index in [1.807, 2.05) is 6.07 Å². The SMILES string of the molecule is Cc1cc2cc(C(=O)O)ccc2n1Cc1ccc(-c2ccccc2C(C)(C)C)cc1. The highest BCUT2D eigenvalue weighted by atomic mass is 16.4. The molecule has 0 spiro atoms. The van der Waals surface area contributed by atoms with Gasteiger partial charge in [0.1, 0.15) is 0 Å². The largest absolute Gasteiger partial charge is 0.478 e. The Morgan fingerprint density at radius 1 is 0.933 bits per heavy atom. The molecule has 0 aliphatic rings. The first-order valence-corrected chi connectivity index (χ1v) is 10.3. The van der Waals surface area contributed by atoms with Crippen molar-refractivity contribution in [3.05, 3.63) is 95.2 Å². The van der Waals surface area contributed by atoms with Crippen LogP contribution in [0.1, 0.15) is 48.0 Å². The summed E-state index contributed by atoms with van der Waals surface area (Å²) in [6.07, 6.45) is 0. The van der Waals surface area contributed by atoms with E-state index < -0.39 is 5.97 Å². The van der Waals surface area contributed by atoms with Gasteiger partial charge in [0.25, 0.3) is 0 Å². The number of carboxylic acid groups (broad SMARTS) is 1. The van der Waals surface area contributed by atoms with Crippen molar-refractivity contribution in [2.45, 2.75) is 39.7 Å². The van der Waals surface area contributed by atoms with Gasteiger partial charge in [0.05, 0.1) is 5.56 Å². The van der Waals surface area contributed by atoms with Crippen molar-refractivity contribution in [2.24, 2.45) is 0 Å². The van der Waals surface area contributed by atoms with Gasteiger partial charge in [0.15, 0.2) is 0 Å². The third kappa shape index (κ3) is 3.76. The van der Waals surface area contributed by atoms with Gasteiger partial charge in [0.2, 0.25) is 0 Å². The van der Waals surface area contributed by atoms with Crippen molar-refractivity contribution >= 4 is 16.9 Å². The predicted molar refractivity (Wildman–Crippen MR) is 123 cm³/mol. The van der Waals surface area contributed by atoms with Crippen molar-refractivity contribution < 1.29 is 9.90 Å². The van der Waals surface area contributed by atoms with E-state index >= 15 is 0 Å². The minimum Gasteiger partial charge on any atom is -0.478 e. The highest BCUT2D eigenvalue weighted by Gasteiger charge is 2.18. The lowest BCUT2D eigenvalue weighted by atomic mass is 9.82. The molecule has 30 heavy (non-hydrogen) atoms. The molecule has 1 heterocycles. The van der Waals surface area contributed by atoms with Crippen molar-refractivity contribution in [1.82, 2.24) is 4.57 Å². The number of rotatable bonds is 4. The summed E-state index contributed by atoms with van der Waals surface area (Å²) < 4.78 is 2.24. The van der Waals surface area contributed by atoms with Crippen LogP contribution in [0.15, 0.2) is 72.8 Å². The number of aryl methyl sites for hydroxylation is 1. The van der Waals surface area contributed by atoms with E-state index in [4.69, 9.17) is 0 Å². The summed E-state index contributed by atoms with van der Waals surface area (Å²) >= 11 is 0. The summed E-state index contributed by atoms with van der Waals surface area (Å²) in [4.78, 5) is 11.3. The van der Waals surface area contributed by atoms with Crippen LogP contribution in [0.2, 0.25) is 0 Å². The molecule has 0 aliphatic heterocycles. The summed E-state index contributed by atoms with van der Waals surface area (Å²) in [6, 6.07) is 24.7. The first kappa shape index (κ1) is 20.0. The van der Waals surface area contributed by atoms with Gasteiger partial charge in [-0.25, -0.2) is 4.79 Å². The number of hydrogen-bond acceptors (Lipinski definition) is 1. The zero-order chi connectivity index (χ0) is 21.5. The van der Waals surface area contributed by atoms with Gasteiger partial charge >= 0.3 is 5.97 Å². The van der Waals surface area contributed by atoms with E-state index in [2.05, 4.69) is 86.9 Å². The van der Waals surface area contributed by atoms with Gasteiger partial charge in [-0.1, -0.05) is 69.3 Å². The van der Waals surface area contributed by atoms with Crippen LogP contribution in [0.25, 0.3) is 22.0 Å². The Labute approximate surface area is 177 Å².